The van der Waals surface area contributed by atoms with Gasteiger partial charge in [0.15, 0.2) is 0 Å². The maximum absolute atomic E-state index is 13.2. The zero-order valence-electron chi connectivity index (χ0n) is 16.2. The van der Waals surface area contributed by atoms with Crippen LogP contribution in [0.25, 0.3) is 21.5 Å². The molecule has 9 heteroatoms. The van der Waals surface area contributed by atoms with E-state index in [4.69, 9.17) is 4.28 Å². The van der Waals surface area contributed by atoms with Crippen LogP contribution in [0.5, 0.6) is 0 Å². The largest absolute Gasteiger partial charge is 0.321 e. The van der Waals surface area contributed by atoms with Crippen molar-refractivity contribution in [2.24, 2.45) is 0 Å². The van der Waals surface area contributed by atoms with Crippen molar-refractivity contribution in [2.75, 3.05) is 5.32 Å². The van der Waals surface area contributed by atoms with Gasteiger partial charge in [-0.15, -0.1) is 9.35 Å². The number of carbonyl (C=O) groups excluding carboxylic acids is 3. The first-order valence-corrected chi connectivity index (χ1v) is 11.0. The zero-order chi connectivity index (χ0) is 22.2. The summed E-state index contributed by atoms with van der Waals surface area (Å²) in [6.45, 7) is 0. The third kappa shape index (κ3) is 2.40. The maximum Gasteiger partial charge on any atom is 0.318 e. The first-order valence-electron chi connectivity index (χ1n) is 9.59. The number of hydroxylamine groups is 2. The number of hydrogen-bond acceptors (Lipinski definition) is 6. The molecular weight excluding hydrogens is 432 g/mol. The number of carbonyl (C=O) groups is 3. The molecule has 4 aromatic rings. The number of imide groups is 1. The highest BCUT2D eigenvalue weighted by molar-refractivity contribution is 7.87. The molecule has 0 fully saturated rings. The van der Waals surface area contributed by atoms with Crippen LogP contribution >= 0.6 is 0 Å². The summed E-state index contributed by atoms with van der Waals surface area (Å²) in [5, 5.41) is 4.78. The minimum absolute atomic E-state index is 0.170. The van der Waals surface area contributed by atoms with Gasteiger partial charge in [-0.1, -0.05) is 36.4 Å². The highest BCUT2D eigenvalue weighted by Gasteiger charge is 2.38. The van der Waals surface area contributed by atoms with Gasteiger partial charge in [0.25, 0.3) is 17.7 Å². The maximum atomic E-state index is 13.2. The number of rotatable bonds is 3. The predicted octanol–water partition coefficient (Wildman–Crippen LogP) is 3.48. The van der Waals surface area contributed by atoms with Crippen molar-refractivity contribution in [1.82, 2.24) is 5.06 Å². The number of nitrogens with one attached hydrogen (secondary N) is 1. The lowest BCUT2D eigenvalue weighted by Crippen LogP contribution is -2.41. The van der Waals surface area contributed by atoms with Gasteiger partial charge in [-0.05, 0) is 35.7 Å². The molecule has 32 heavy (non-hydrogen) atoms. The Bertz CT molecular complexity index is 1610. The van der Waals surface area contributed by atoms with E-state index in [1.165, 1.54) is 30.3 Å². The Hall–Kier alpha value is -4.08. The minimum Gasteiger partial charge on any atom is -0.321 e. The van der Waals surface area contributed by atoms with E-state index in [2.05, 4.69) is 5.32 Å². The van der Waals surface area contributed by atoms with Gasteiger partial charge in [0.05, 0.1) is 11.1 Å². The summed E-state index contributed by atoms with van der Waals surface area (Å²) >= 11 is 0. The number of anilines is 1. The van der Waals surface area contributed by atoms with E-state index >= 15 is 0 Å². The van der Waals surface area contributed by atoms with Crippen molar-refractivity contribution >= 4 is 55.1 Å². The van der Waals surface area contributed by atoms with E-state index in [0.717, 1.165) is 0 Å². The second-order valence-electron chi connectivity index (χ2n) is 7.44. The smallest absolute Gasteiger partial charge is 0.318 e. The molecule has 0 unspecified atom stereocenters. The second-order valence-corrected chi connectivity index (χ2v) is 8.93. The van der Waals surface area contributed by atoms with E-state index in [1.54, 1.807) is 36.4 Å². The van der Waals surface area contributed by atoms with Crippen LogP contribution in [0.1, 0.15) is 31.1 Å². The fraction of sp³-hybridized carbons (Fsp3) is 0. The minimum atomic E-state index is -4.60. The fourth-order valence-electron chi connectivity index (χ4n) is 4.30. The molecule has 2 aliphatic rings. The molecule has 0 saturated heterocycles. The highest BCUT2D eigenvalue weighted by atomic mass is 32.2. The average Bonchev–Trinajstić information content (AvgIpc) is 3.12. The normalized spacial score (nSPS) is 15.0. The van der Waals surface area contributed by atoms with E-state index in [-0.39, 0.29) is 32.4 Å². The van der Waals surface area contributed by atoms with Crippen LogP contribution in [0.4, 0.5) is 5.69 Å². The molecule has 8 nitrogen and oxygen atoms in total. The van der Waals surface area contributed by atoms with E-state index < -0.39 is 21.9 Å². The van der Waals surface area contributed by atoms with E-state index in [1.807, 2.05) is 0 Å². The number of hydrogen-bond donors (Lipinski definition) is 1. The molecule has 0 radical (unpaired) electrons. The van der Waals surface area contributed by atoms with Gasteiger partial charge in [-0.2, -0.15) is 8.42 Å². The van der Waals surface area contributed by atoms with Gasteiger partial charge in [-0.25, -0.2) is 0 Å². The topological polar surface area (TPSA) is 110 Å². The molecule has 156 valence electrons. The van der Waals surface area contributed by atoms with Crippen LogP contribution in [0.3, 0.4) is 0 Å². The Morgan fingerprint density at radius 1 is 0.719 bits per heavy atom. The second kappa shape index (κ2) is 6.22. The van der Waals surface area contributed by atoms with Gasteiger partial charge in [0.2, 0.25) is 0 Å². The zero-order valence-corrected chi connectivity index (χ0v) is 17.0. The van der Waals surface area contributed by atoms with Gasteiger partial charge in [0, 0.05) is 27.4 Å². The summed E-state index contributed by atoms with van der Waals surface area (Å²) in [6, 6.07) is 17.2. The molecule has 0 atom stereocenters. The third-order valence-corrected chi connectivity index (χ3v) is 6.91. The fourth-order valence-corrected chi connectivity index (χ4v) is 5.38. The van der Waals surface area contributed by atoms with Crippen LogP contribution in [0, 0.1) is 0 Å². The lowest BCUT2D eigenvalue weighted by Gasteiger charge is -2.25. The standard InChI is InChI=1S/C23H12N2O6S/c26-21-14-7-3-6-13-18(11-10-17(24-21)20(13)14)32(29,30)31-25-22(27)15-8-1-4-12-5-2-9-16(19(12)15)23(25)28/h1-11H,(H,24,26). The summed E-state index contributed by atoms with van der Waals surface area (Å²) in [5.41, 5.74) is 1.15. The van der Waals surface area contributed by atoms with Crippen molar-refractivity contribution in [3.8, 4) is 0 Å². The molecule has 6 rings (SSSR count). The van der Waals surface area contributed by atoms with Crippen LogP contribution in [-0.4, -0.2) is 31.2 Å². The molecule has 1 N–H and O–H groups in total. The molecule has 0 spiro atoms. The summed E-state index contributed by atoms with van der Waals surface area (Å²) in [7, 11) is -4.60. The summed E-state index contributed by atoms with van der Waals surface area (Å²) in [6.07, 6.45) is 0. The summed E-state index contributed by atoms with van der Waals surface area (Å²) in [4.78, 5) is 37.9. The van der Waals surface area contributed by atoms with E-state index in [9.17, 15) is 22.8 Å². The third-order valence-electron chi connectivity index (χ3n) is 5.67. The van der Waals surface area contributed by atoms with Crippen molar-refractivity contribution in [3.05, 3.63) is 83.4 Å². The van der Waals surface area contributed by atoms with Crippen LogP contribution < -0.4 is 5.32 Å². The molecule has 0 bridgehead atoms. The van der Waals surface area contributed by atoms with Crippen molar-refractivity contribution in [3.63, 3.8) is 0 Å². The van der Waals surface area contributed by atoms with Crippen LogP contribution in [0.2, 0.25) is 0 Å². The number of amides is 3. The Morgan fingerprint density at radius 2 is 1.34 bits per heavy atom. The molecule has 2 aliphatic heterocycles. The van der Waals surface area contributed by atoms with Gasteiger partial charge in [0.1, 0.15) is 4.90 Å². The average molecular weight is 444 g/mol. The Labute approximate surface area is 181 Å². The van der Waals surface area contributed by atoms with Crippen molar-refractivity contribution in [1.29, 1.82) is 0 Å². The van der Waals surface area contributed by atoms with Gasteiger partial charge >= 0.3 is 10.1 Å². The lowest BCUT2D eigenvalue weighted by atomic mass is 9.95. The number of benzene rings is 4. The Kier molecular flexibility index (Phi) is 3.63. The SMILES string of the molecule is O=C1Nc2ccc(S(=O)(=O)ON3C(=O)c4cccc5cccc(c45)C3=O)c3cccc1c23. The Balaban J connectivity index is 1.48. The molecule has 0 aromatic heterocycles. The molecule has 0 aliphatic carbocycles. The lowest BCUT2D eigenvalue weighted by molar-refractivity contribution is -0.0154. The number of nitrogens with zero attached hydrogens (tertiary/aromatic N) is 1. The van der Waals surface area contributed by atoms with Gasteiger partial charge < -0.3 is 5.32 Å². The van der Waals surface area contributed by atoms with E-state index in [0.29, 0.717) is 27.4 Å². The molecular formula is C23H12N2O6S. The van der Waals surface area contributed by atoms with Crippen molar-refractivity contribution in [2.45, 2.75) is 4.90 Å². The summed E-state index contributed by atoms with van der Waals surface area (Å²) in [5.74, 6) is -2.08. The molecule has 4 aromatic carbocycles. The Morgan fingerprint density at radius 3 is 2.03 bits per heavy atom. The quantitative estimate of drug-likeness (QED) is 0.485. The van der Waals surface area contributed by atoms with Crippen molar-refractivity contribution < 1.29 is 27.1 Å². The van der Waals surface area contributed by atoms with Gasteiger partial charge in [-0.3, -0.25) is 14.4 Å². The molecule has 2 heterocycles. The molecule has 3 amide bonds. The molecule has 0 saturated carbocycles. The van der Waals surface area contributed by atoms with Crippen LogP contribution in [0.15, 0.2) is 71.6 Å². The highest BCUT2D eigenvalue weighted by Crippen LogP contribution is 2.38. The first kappa shape index (κ1) is 18.7. The van der Waals surface area contributed by atoms with Crippen LogP contribution in [-0.2, 0) is 14.4 Å². The first-order chi connectivity index (χ1) is 15.4. The predicted molar refractivity (Wildman–Crippen MR) is 115 cm³/mol. The monoisotopic (exact) mass is 444 g/mol. The summed E-state index contributed by atoms with van der Waals surface area (Å²) < 4.78 is 31.5.